The van der Waals surface area contributed by atoms with Gasteiger partial charge in [-0.15, -0.1) is 0 Å². The normalized spacial score (nSPS) is 13.6. The number of rotatable bonds is 4. The summed E-state index contributed by atoms with van der Waals surface area (Å²) in [6, 6.07) is 15.0. The predicted molar refractivity (Wildman–Crippen MR) is 123 cm³/mol. The van der Waals surface area contributed by atoms with E-state index in [1.54, 1.807) is 6.33 Å². The van der Waals surface area contributed by atoms with Crippen LogP contribution in [-0.4, -0.2) is 30.2 Å². The first-order chi connectivity index (χ1) is 14.2. The molecule has 1 aliphatic rings. The zero-order valence-corrected chi connectivity index (χ0v) is 18.5. The molecule has 156 valence electrons. The van der Waals surface area contributed by atoms with Crippen molar-refractivity contribution in [3.63, 3.8) is 0 Å². The Kier molecular flexibility index (Phi) is 9.45. The number of aryl methyl sites for hydroxylation is 1. The van der Waals surface area contributed by atoms with Crippen molar-refractivity contribution < 1.29 is 4.74 Å². The molecule has 3 aromatic rings. The lowest BCUT2D eigenvalue weighted by Gasteiger charge is -2.20. The minimum absolute atomic E-state index is 0.163. The molecule has 1 saturated heterocycles. The molecule has 0 bridgehead atoms. The van der Waals surface area contributed by atoms with Gasteiger partial charge in [0.25, 0.3) is 0 Å². The number of imidazole rings is 1. The highest BCUT2D eigenvalue weighted by atomic mass is 16.5. The third-order valence-electron chi connectivity index (χ3n) is 5.12. The highest BCUT2D eigenvalue weighted by Crippen LogP contribution is 2.34. The maximum atomic E-state index is 4.94. The van der Waals surface area contributed by atoms with Gasteiger partial charge in [0, 0.05) is 37.8 Å². The summed E-state index contributed by atoms with van der Waals surface area (Å²) in [7, 11) is 1.95. The Bertz CT molecular complexity index is 831. The monoisotopic (exact) mass is 393 g/mol. The van der Waals surface area contributed by atoms with Gasteiger partial charge in [0.2, 0.25) is 0 Å². The zero-order valence-electron chi connectivity index (χ0n) is 18.5. The van der Waals surface area contributed by atoms with Gasteiger partial charge in [0.1, 0.15) is 0 Å². The fourth-order valence-electron chi connectivity index (χ4n) is 3.42. The molecular weight excluding hydrogens is 358 g/mol. The highest BCUT2D eigenvalue weighted by molar-refractivity contribution is 5.52. The molecule has 1 fully saturated rings. The van der Waals surface area contributed by atoms with Crippen molar-refractivity contribution in [2.45, 2.75) is 46.5 Å². The van der Waals surface area contributed by atoms with Crippen molar-refractivity contribution >= 4 is 5.69 Å². The minimum Gasteiger partial charge on any atom is -0.388 e. The maximum absolute atomic E-state index is 4.94. The summed E-state index contributed by atoms with van der Waals surface area (Å²) in [4.78, 5) is 7.50. The first-order valence-electron chi connectivity index (χ1n) is 10.6. The lowest BCUT2D eigenvalue weighted by Crippen LogP contribution is -2.07. The minimum atomic E-state index is 0.163. The smallest absolute Gasteiger partial charge is 0.0922 e. The van der Waals surface area contributed by atoms with Gasteiger partial charge in [-0.3, -0.25) is 0 Å². The number of nitrogens with zero attached hydrogens (tertiary/aromatic N) is 1. The van der Waals surface area contributed by atoms with Crippen molar-refractivity contribution in [1.82, 2.24) is 9.97 Å². The zero-order chi connectivity index (χ0) is 21.1. The Hall–Kier alpha value is -2.59. The van der Waals surface area contributed by atoms with Crippen molar-refractivity contribution in [2.75, 3.05) is 25.6 Å². The number of ether oxygens (including phenoxy) is 1. The second-order valence-electron chi connectivity index (χ2n) is 6.92. The highest BCUT2D eigenvalue weighted by Gasteiger charge is 2.20. The molecule has 1 unspecified atom stereocenters. The summed E-state index contributed by atoms with van der Waals surface area (Å²) in [6.07, 6.45) is 6.22. The van der Waals surface area contributed by atoms with Crippen LogP contribution < -0.4 is 5.32 Å². The Morgan fingerprint density at radius 1 is 1.03 bits per heavy atom. The number of nitrogens with one attached hydrogen (secondary N) is 2. The summed E-state index contributed by atoms with van der Waals surface area (Å²) in [6.45, 7) is 10.4. The molecule has 4 rings (SSSR count). The van der Waals surface area contributed by atoms with Crippen molar-refractivity contribution in [1.29, 1.82) is 0 Å². The molecule has 2 heterocycles. The van der Waals surface area contributed by atoms with Gasteiger partial charge in [-0.05, 0) is 61.1 Å². The van der Waals surface area contributed by atoms with E-state index in [9.17, 15) is 0 Å². The summed E-state index contributed by atoms with van der Waals surface area (Å²) in [5.74, 6) is 0.163. The standard InChI is InChI=1S/C19H21N3.C4H8O.C2H6/c1-13-6-4-9-17(14(13)2)19(18-11-21-12-22-18)15-7-5-8-16(10-15)20-3;1-2-4-5-3-1;1-2/h4-12,19-20H,1-3H3,(H,21,22);1-4H2;1-2H3. The van der Waals surface area contributed by atoms with E-state index in [2.05, 4.69) is 71.6 Å². The molecule has 0 saturated carbocycles. The Morgan fingerprint density at radius 3 is 2.34 bits per heavy atom. The number of benzene rings is 2. The summed E-state index contributed by atoms with van der Waals surface area (Å²) >= 11 is 0. The van der Waals surface area contributed by atoms with Crippen LogP contribution in [0.1, 0.15) is 60.6 Å². The maximum Gasteiger partial charge on any atom is 0.0922 e. The van der Waals surface area contributed by atoms with Crippen LogP contribution in [0.3, 0.4) is 0 Å². The van der Waals surface area contributed by atoms with E-state index in [-0.39, 0.29) is 5.92 Å². The molecule has 1 aliphatic heterocycles. The van der Waals surface area contributed by atoms with E-state index < -0.39 is 0 Å². The van der Waals surface area contributed by atoms with Gasteiger partial charge >= 0.3 is 0 Å². The van der Waals surface area contributed by atoms with Crippen LogP contribution in [0, 0.1) is 13.8 Å². The van der Waals surface area contributed by atoms with Crippen molar-refractivity contribution in [3.05, 3.63) is 82.9 Å². The molecule has 1 atom stereocenters. The molecule has 1 aromatic heterocycles. The average Bonchev–Trinajstić information content (AvgIpc) is 3.50. The summed E-state index contributed by atoms with van der Waals surface area (Å²) in [5.41, 5.74) is 7.44. The Morgan fingerprint density at radius 2 is 1.76 bits per heavy atom. The number of aromatic amines is 1. The Balaban J connectivity index is 0.000000367. The molecule has 0 radical (unpaired) electrons. The molecular formula is C25H35N3O. The van der Waals surface area contributed by atoms with Crippen LogP contribution in [0.15, 0.2) is 55.0 Å². The fraction of sp³-hybridized carbons (Fsp3) is 0.400. The number of H-pyrrole nitrogens is 1. The van der Waals surface area contributed by atoms with Crippen LogP contribution >= 0.6 is 0 Å². The third-order valence-corrected chi connectivity index (χ3v) is 5.12. The SMILES string of the molecule is C1CCOC1.CC.CNc1cccc(C(c2cnc[nH]2)c2cccc(C)c2C)c1. The van der Waals surface area contributed by atoms with Crippen molar-refractivity contribution in [3.8, 4) is 0 Å². The van der Waals surface area contributed by atoms with E-state index in [0.29, 0.717) is 0 Å². The van der Waals surface area contributed by atoms with Crippen LogP contribution in [0.25, 0.3) is 0 Å². The summed E-state index contributed by atoms with van der Waals surface area (Å²) < 4.78 is 4.94. The van der Waals surface area contributed by atoms with E-state index in [1.807, 2.05) is 27.1 Å². The quantitative estimate of drug-likeness (QED) is 0.565. The topological polar surface area (TPSA) is 49.9 Å². The van der Waals surface area contributed by atoms with E-state index in [4.69, 9.17) is 4.74 Å². The number of aromatic nitrogens is 2. The lowest BCUT2D eigenvalue weighted by atomic mass is 9.85. The molecule has 0 aliphatic carbocycles. The van der Waals surface area contributed by atoms with Crippen LogP contribution in [-0.2, 0) is 4.74 Å². The van der Waals surface area contributed by atoms with Gasteiger partial charge in [-0.1, -0.05) is 44.2 Å². The van der Waals surface area contributed by atoms with Gasteiger partial charge < -0.3 is 15.0 Å². The third kappa shape index (κ3) is 6.20. The average molecular weight is 394 g/mol. The first kappa shape index (κ1) is 22.7. The van der Waals surface area contributed by atoms with Crippen LogP contribution in [0.5, 0.6) is 0 Å². The molecule has 4 heteroatoms. The van der Waals surface area contributed by atoms with Crippen LogP contribution in [0.2, 0.25) is 0 Å². The molecule has 0 spiro atoms. The molecule has 0 amide bonds. The van der Waals surface area contributed by atoms with Gasteiger partial charge in [0.05, 0.1) is 12.2 Å². The largest absolute Gasteiger partial charge is 0.388 e. The molecule has 4 nitrogen and oxygen atoms in total. The Labute approximate surface area is 175 Å². The fourth-order valence-corrected chi connectivity index (χ4v) is 3.42. The number of hydrogen-bond acceptors (Lipinski definition) is 3. The van der Waals surface area contributed by atoms with Crippen molar-refractivity contribution in [2.24, 2.45) is 0 Å². The predicted octanol–water partition coefficient (Wildman–Crippen LogP) is 6.07. The second kappa shape index (κ2) is 12.1. The molecule has 2 aromatic carbocycles. The molecule has 2 N–H and O–H groups in total. The van der Waals surface area contributed by atoms with Gasteiger partial charge in [0.15, 0.2) is 0 Å². The lowest BCUT2D eigenvalue weighted by molar-refractivity contribution is 0.198. The van der Waals surface area contributed by atoms with E-state index >= 15 is 0 Å². The molecule has 29 heavy (non-hydrogen) atoms. The van der Waals surface area contributed by atoms with Crippen LogP contribution in [0.4, 0.5) is 5.69 Å². The van der Waals surface area contributed by atoms with Gasteiger partial charge in [-0.2, -0.15) is 0 Å². The summed E-state index contributed by atoms with van der Waals surface area (Å²) in [5, 5.41) is 3.22. The van der Waals surface area contributed by atoms with E-state index in [0.717, 1.165) is 24.6 Å². The first-order valence-corrected chi connectivity index (χ1v) is 10.6. The number of hydrogen-bond donors (Lipinski definition) is 2. The number of anilines is 1. The van der Waals surface area contributed by atoms with Gasteiger partial charge in [-0.25, -0.2) is 4.98 Å². The van der Waals surface area contributed by atoms with E-state index in [1.165, 1.54) is 35.1 Å². The second-order valence-corrected chi connectivity index (χ2v) is 6.92.